The second-order valence-corrected chi connectivity index (χ2v) is 3.09. The minimum absolute atomic E-state index is 0.975. The highest BCUT2D eigenvalue weighted by Gasteiger charge is 2.07. The number of hydrogen-bond donors (Lipinski definition) is 1. The third kappa shape index (κ3) is 1.33. The second kappa shape index (κ2) is 2.97. The van der Waals surface area contributed by atoms with Gasteiger partial charge in [-0.05, 0) is 12.5 Å². The lowest BCUT2D eigenvalue weighted by atomic mass is 10.1. The first kappa shape index (κ1) is 7.35. The fraction of sp³-hybridized carbons (Fsp3) is 0.300. The molecule has 0 saturated heterocycles. The van der Waals surface area contributed by atoms with Gasteiger partial charge in [-0.25, -0.2) is 0 Å². The molecule has 0 fully saturated rings. The van der Waals surface area contributed by atoms with Gasteiger partial charge in [-0.15, -0.1) is 0 Å². The molecule has 0 aromatic heterocycles. The van der Waals surface area contributed by atoms with E-state index in [9.17, 15) is 0 Å². The van der Waals surface area contributed by atoms with Gasteiger partial charge in [0.1, 0.15) is 0 Å². The lowest BCUT2D eigenvalue weighted by Crippen LogP contribution is -1.97. The largest absolute Gasteiger partial charge is 0.309 e. The van der Waals surface area contributed by atoms with Crippen molar-refractivity contribution in [3.63, 3.8) is 0 Å². The Labute approximate surface area is 72.3 Å². The summed E-state index contributed by atoms with van der Waals surface area (Å²) in [5.41, 5.74) is 6.70. The standard InChI is InChI=1S/C10H12N2/c1-8-3-2-4-9(7-8)10-5-6-11-12-10/h2-4,7,11H,5-6H2,1H3. The van der Waals surface area contributed by atoms with Crippen molar-refractivity contribution >= 4 is 5.71 Å². The van der Waals surface area contributed by atoms with Crippen LogP contribution < -0.4 is 5.43 Å². The highest BCUT2D eigenvalue weighted by atomic mass is 15.3. The Morgan fingerprint density at radius 3 is 3.00 bits per heavy atom. The summed E-state index contributed by atoms with van der Waals surface area (Å²) >= 11 is 0. The molecule has 1 heterocycles. The van der Waals surface area contributed by atoms with Crippen molar-refractivity contribution < 1.29 is 0 Å². The van der Waals surface area contributed by atoms with Crippen LogP contribution >= 0.6 is 0 Å². The van der Waals surface area contributed by atoms with Gasteiger partial charge in [-0.2, -0.15) is 5.10 Å². The fourth-order valence-electron chi connectivity index (χ4n) is 1.41. The smallest absolute Gasteiger partial charge is 0.0693 e. The van der Waals surface area contributed by atoms with E-state index in [2.05, 4.69) is 41.7 Å². The molecular weight excluding hydrogens is 148 g/mol. The topological polar surface area (TPSA) is 24.4 Å². The monoisotopic (exact) mass is 160 g/mol. The molecule has 0 radical (unpaired) electrons. The van der Waals surface area contributed by atoms with Crippen molar-refractivity contribution in [1.29, 1.82) is 0 Å². The number of aryl methyl sites for hydroxylation is 1. The highest BCUT2D eigenvalue weighted by Crippen LogP contribution is 2.09. The number of hydrogen-bond acceptors (Lipinski definition) is 2. The Kier molecular flexibility index (Phi) is 1.82. The van der Waals surface area contributed by atoms with Crippen molar-refractivity contribution in [3.05, 3.63) is 35.4 Å². The molecule has 0 atom stereocenters. The predicted molar refractivity (Wildman–Crippen MR) is 50.3 cm³/mol. The van der Waals surface area contributed by atoms with E-state index in [-0.39, 0.29) is 0 Å². The van der Waals surface area contributed by atoms with Crippen LogP contribution in [0.25, 0.3) is 0 Å². The maximum Gasteiger partial charge on any atom is 0.0693 e. The quantitative estimate of drug-likeness (QED) is 0.664. The minimum Gasteiger partial charge on any atom is -0.309 e. The predicted octanol–water partition coefficient (Wildman–Crippen LogP) is 1.69. The summed E-state index contributed by atoms with van der Waals surface area (Å²) in [7, 11) is 0. The van der Waals surface area contributed by atoms with E-state index in [0.29, 0.717) is 0 Å². The van der Waals surface area contributed by atoms with Crippen LogP contribution in [-0.2, 0) is 0 Å². The molecular formula is C10H12N2. The van der Waals surface area contributed by atoms with Crippen LogP contribution in [0.5, 0.6) is 0 Å². The summed E-state index contributed by atoms with van der Waals surface area (Å²) in [5.74, 6) is 0. The van der Waals surface area contributed by atoms with Gasteiger partial charge in [0.2, 0.25) is 0 Å². The maximum absolute atomic E-state index is 4.21. The van der Waals surface area contributed by atoms with E-state index in [1.165, 1.54) is 16.8 Å². The zero-order valence-corrected chi connectivity index (χ0v) is 7.17. The fourth-order valence-corrected chi connectivity index (χ4v) is 1.41. The number of nitrogens with zero attached hydrogens (tertiary/aromatic N) is 1. The first-order valence-electron chi connectivity index (χ1n) is 4.23. The Morgan fingerprint density at radius 1 is 1.42 bits per heavy atom. The molecule has 0 bridgehead atoms. The number of benzene rings is 1. The highest BCUT2D eigenvalue weighted by molar-refractivity contribution is 6.01. The van der Waals surface area contributed by atoms with Crippen LogP contribution in [0.2, 0.25) is 0 Å². The molecule has 1 N–H and O–H groups in total. The molecule has 0 aliphatic carbocycles. The molecule has 1 aromatic carbocycles. The number of rotatable bonds is 1. The van der Waals surface area contributed by atoms with Gasteiger partial charge in [0.05, 0.1) is 5.71 Å². The normalized spacial score (nSPS) is 15.6. The Bertz CT molecular complexity index is 315. The Morgan fingerprint density at radius 2 is 2.33 bits per heavy atom. The van der Waals surface area contributed by atoms with Gasteiger partial charge < -0.3 is 5.43 Å². The van der Waals surface area contributed by atoms with Crippen LogP contribution in [0.15, 0.2) is 29.4 Å². The van der Waals surface area contributed by atoms with Crippen LogP contribution in [0.1, 0.15) is 17.5 Å². The van der Waals surface area contributed by atoms with Gasteiger partial charge in [-0.3, -0.25) is 0 Å². The van der Waals surface area contributed by atoms with E-state index in [4.69, 9.17) is 0 Å². The molecule has 0 amide bonds. The first-order valence-corrected chi connectivity index (χ1v) is 4.23. The minimum atomic E-state index is 0.975. The molecule has 2 heteroatoms. The van der Waals surface area contributed by atoms with E-state index in [0.717, 1.165) is 13.0 Å². The summed E-state index contributed by atoms with van der Waals surface area (Å²) in [5, 5.41) is 4.21. The van der Waals surface area contributed by atoms with Crippen LogP contribution in [-0.4, -0.2) is 12.3 Å². The molecule has 2 rings (SSSR count). The average Bonchev–Trinajstić information content (AvgIpc) is 2.56. The van der Waals surface area contributed by atoms with Crippen molar-refractivity contribution in [1.82, 2.24) is 5.43 Å². The van der Waals surface area contributed by atoms with E-state index in [1.807, 2.05) is 0 Å². The SMILES string of the molecule is Cc1cccc(C2=NNCC2)c1. The molecule has 0 spiro atoms. The number of nitrogens with one attached hydrogen (secondary N) is 1. The van der Waals surface area contributed by atoms with Gasteiger partial charge >= 0.3 is 0 Å². The van der Waals surface area contributed by atoms with Crippen molar-refractivity contribution in [2.75, 3.05) is 6.54 Å². The second-order valence-electron chi connectivity index (χ2n) is 3.09. The van der Waals surface area contributed by atoms with Gasteiger partial charge in [-0.1, -0.05) is 29.8 Å². The zero-order chi connectivity index (χ0) is 8.39. The van der Waals surface area contributed by atoms with Gasteiger partial charge in [0.15, 0.2) is 0 Å². The van der Waals surface area contributed by atoms with Gasteiger partial charge in [0.25, 0.3) is 0 Å². The van der Waals surface area contributed by atoms with E-state index < -0.39 is 0 Å². The first-order chi connectivity index (χ1) is 5.86. The van der Waals surface area contributed by atoms with Crippen molar-refractivity contribution in [3.8, 4) is 0 Å². The van der Waals surface area contributed by atoms with E-state index >= 15 is 0 Å². The van der Waals surface area contributed by atoms with Crippen LogP contribution in [0.3, 0.4) is 0 Å². The Hall–Kier alpha value is -1.31. The molecule has 62 valence electrons. The molecule has 2 nitrogen and oxygen atoms in total. The van der Waals surface area contributed by atoms with Crippen molar-refractivity contribution in [2.24, 2.45) is 5.10 Å². The maximum atomic E-state index is 4.21. The average molecular weight is 160 g/mol. The molecule has 1 aromatic rings. The lowest BCUT2D eigenvalue weighted by molar-refractivity contribution is 0.813. The lowest BCUT2D eigenvalue weighted by Gasteiger charge is -1.99. The van der Waals surface area contributed by atoms with E-state index in [1.54, 1.807) is 0 Å². The molecule has 0 saturated carbocycles. The summed E-state index contributed by atoms with van der Waals surface area (Å²) in [6.07, 6.45) is 1.05. The van der Waals surface area contributed by atoms with Crippen LogP contribution in [0, 0.1) is 6.92 Å². The summed E-state index contributed by atoms with van der Waals surface area (Å²) in [6, 6.07) is 8.46. The zero-order valence-electron chi connectivity index (χ0n) is 7.17. The molecule has 1 aliphatic heterocycles. The molecule has 0 unspecified atom stereocenters. The van der Waals surface area contributed by atoms with Crippen molar-refractivity contribution in [2.45, 2.75) is 13.3 Å². The summed E-state index contributed by atoms with van der Waals surface area (Å²) < 4.78 is 0. The number of hydrazone groups is 1. The summed E-state index contributed by atoms with van der Waals surface area (Å²) in [6.45, 7) is 3.08. The molecule has 12 heavy (non-hydrogen) atoms. The third-order valence-electron chi connectivity index (χ3n) is 2.04. The van der Waals surface area contributed by atoms with Crippen LogP contribution in [0.4, 0.5) is 0 Å². The third-order valence-corrected chi connectivity index (χ3v) is 2.04. The molecule has 1 aliphatic rings. The Balaban J connectivity index is 2.33. The van der Waals surface area contributed by atoms with Gasteiger partial charge in [0, 0.05) is 13.0 Å². The summed E-state index contributed by atoms with van der Waals surface area (Å²) in [4.78, 5) is 0.